The third-order valence-corrected chi connectivity index (χ3v) is 3.15. The smallest absolute Gasteiger partial charge is 0.338 e. The first-order valence-electron chi connectivity index (χ1n) is 4.69. The minimum atomic E-state index is -0.321. The van der Waals surface area contributed by atoms with Crippen LogP contribution in [0.25, 0.3) is 0 Å². The summed E-state index contributed by atoms with van der Waals surface area (Å²) in [6.45, 7) is 3.73. The summed E-state index contributed by atoms with van der Waals surface area (Å²) in [7, 11) is 1.37. The van der Waals surface area contributed by atoms with E-state index in [1.807, 2.05) is 6.92 Å². The summed E-state index contributed by atoms with van der Waals surface area (Å²) in [5.41, 5.74) is 0.423. The van der Waals surface area contributed by atoms with E-state index in [9.17, 15) is 4.79 Å². The molecule has 1 aromatic rings. The van der Waals surface area contributed by atoms with Crippen molar-refractivity contribution in [1.29, 1.82) is 0 Å². The lowest BCUT2D eigenvalue weighted by atomic mass is 10.0. The predicted molar refractivity (Wildman–Crippen MR) is 57.6 cm³/mol. The number of hydrogen-bond acceptors (Lipinski definition) is 5. The fourth-order valence-electron chi connectivity index (χ4n) is 1.39. The summed E-state index contributed by atoms with van der Waals surface area (Å²) in [5, 5.41) is 5.66. The van der Waals surface area contributed by atoms with E-state index in [1.54, 1.807) is 11.4 Å². The van der Waals surface area contributed by atoms with Crippen molar-refractivity contribution in [3.8, 4) is 5.06 Å². The van der Waals surface area contributed by atoms with Crippen molar-refractivity contribution in [2.45, 2.75) is 12.5 Å². The second-order valence-corrected chi connectivity index (χ2v) is 4.68. The van der Waals surface area contributed by atoms with Crippen LogP contribution in [0.2, 0.25) is 0 Å². The van der Waals surface area contributed by atoms with E-state index in [4.69, 9.17) is 4.74 Å². The zero-order chi connectivity index (χ0) is 10.9. The van der Waals surface area contributed by atoms with Gasteiger partial charge in [0.05, 0.1) is 12.7 Å². The average Bonchev–Trinajstić information content (AvgIpc) is 2.62. The zero-order valence-corrected chi connectivity index (χ0v) is 9.52. The molecule has 0 spiro atoms. The molecule has 0 atom stereocenters. The number of carbonyl (C=O) groups is 1. The number of ether oxygens (including phenoxy) is 2. The van der Waals surface area contributed by atoms with E-state index in [0.29, 0.717) is 5.56 Å². The summed E-state index contributed by atoms with van der Waals surface area (Å²) in [6, 6.07) is 1.72. The van der Waals surface area contributed by atoms with Gasteiger partial charge in [0.25, 0.3) is 0 Å². The van der Waals surface area contributed by atoms with Crippen LogP contribution in [0.15, 0.2) is 11.4 Å². The Bertz CT molecular complexity index is 370. The highest BCUT2D eigenvalue weighted by molar-refractivity contribution is 7.12. The first-order valence-corrected chi connectivity index (χ1v) is 5.57. The van der Waals surface area contributed by atoms with Gasteiger partial charge in [0.1, 0.15) is 5.60 Å². The Hall–Kier alpha value is -1.07. The van der Waals surface area contributed by atoms with Gasteiger partial charge in [-0.3, -0.25) is 0 Å². The zero-order valence-electron chi connectivity index (χ0n) is 8.70. The normalized spacial score (nSPS) is 18.0. The number of nitrogens with one attached hydrogen (secondary N) is 1. The Kier molecular flexibility index (Phi) is 2.67. The fraction of sp³-hybridized carbons (Fsp3) is 0.500. The number of rotatable bonds is 3. The second-order valence-electron chi connectivity index (χ2n) is 3.80. The molecule has 1 fully saturated rings. The topological polar surface area (TPSA) is 47.6 Å². The van der Waals surface area contributed by atoms with Crippen LogP contribution < -0.4 is 10.1 Å². The molecule has 0 saturated carbocycles. The highest BCUT2D eigenvalue weighted by Crippen LogP contribution is 2.28. The Morgan fingerprint density at radius 1 is 1.60 bits per heavy atom. The van der Waals surface area contributed by atoms with Gasteiger partial charge >= 0.3 is 5.97 Å². The summed E-state index contributed by atoms with van der Waals surface area (Å²) in [4.78, 5) is 11.2. The van der Waals surface area contributed by atoms with Crippen LogP contribution in [0.1, 0.15) is 17.3 Å². The maximum atomic E-state index is 11.2. The highest BCUT2D eigenvalue weighted by atomic mass is 32.1. The van der Waals surface area contributed by atoms with Gasteiger partial charge in [0, 0.05) is 24.5 Å². The third-order valence-electron chi connectivity index (χ3n) is 2.34. The third kappa shape index (κ3) is 2.13. The molecule has 0 amide bonds. The van der Waals surface area contributed by atoms with E-state index in [-0.39, 0.29) is 11.6 Å². The molecule has 82 valence electrons. The highest BCUT2D eigenvalue weighted by Gasteiger charge is 2.34. The van der Waals surface area contributed by atoms with E-state index >= 15 is 0 Å². The molecule has 1 aliphatic heterocycles. The molecule has 5 heteroatoms. The largest absolute Gasteiger partial charge is 0.475 e. The van der Waals surface area contributed by atoms with Crippen LogP contribution in [0, 0.1) is 0 Å². The van der Waals surface area contributed by atoms with Gasteiger partial charge < -0.3 is 14.8 Å². The Balaban J connectivity index is 2.04. The first kappa shape index (κ1) is 10.4. The molecule has 2 heterocycles. The van der Waals surface area contributed by atoms with E-state index < -0.39 is 0 Å². The predicted octanol–water partition coefficient (Wildman–Crippen LogP) is 1.28. The van der Waals surface area contributed by atoms with Crippen LogP contribution in [-0.2, 0) is 4.74 Å². The molecule has 1 aromatic heterocycles. The maximum absolute atomic E-state index is 11.2. The summed E-state index contributed by atoms with van der Waals surface area (Å²) in [5.74, 6) is -0.321. The van der Waals surface area contributed by atoms with Crippen molar-refractivity contribution in [2.75, 3.05) is 20.2 Å². The quantitative estimate of drug-likeness (QED) is 0.790. The summed E-state index contributed by atoms with van der Waals surface area (Å²) >= 11 is 1.42. The minimum Gasteiger partial charge on any atom is -0.475 e. The second kappa shape index (κ2) is 3.83. The van der Waals surface area contributed by atoms with E-state index in [1.165, 1.54) is 18.4 Å². The molecule has 15 heavy (non-hydrogen) atoms. The van der Waals surface area contributed by atoms with Crippen LogP contribution in [-0.4, -0.2) is 31.8 Å². The minimum absolute atomic E-state index is 0.127. The van der Waals surface area contributed by atoms with Crippen LogP contribution >= 0.6 is 11.3 Å². The van der Waals surface area contributed by atoms with Crippen molar-refractivity contribution >= 4 is 17.3 Å². The van der Waals surface area contributed by atoms with Gasteiger partial charge in [-0.25, -0.2) is 4.79 Å². The number of carbonyl (C=O) groups excluding carboxylic acids is 1. The lowest BCUT2D eigenvalue weighted by Crippen LogP contribution is -2.60. The van der Waals surface area contributed by atoms with Gasteiger partial charge in [-0.05, 0) is 6.92 Å². The van der Waals surface area contributed by atoms with Crippen molar-refractivity contribution < 1.29 is 14.3 Å². The molecule has 1 aliphatic rings. The molecule has 0 bridgehead atoms. The molecule has 2 rings (SSSR count). The van der Waals surface area contributed by atoms with Gasteiger partial charge in [0.2, 0.25) is 0 Å². The average molecular weight is 227 g/mol. The Morgan fingerprint density at radius 3 is 2.87 bits per heavy atom. The molecule has 0 aromatic carbocycles. The molecule has 0 aliphatic carbocycles. The number of methoxy groups -OCH3 is 1. The fourth-order valence-corrected chi connectivity index (χ4v) is 2.24. The molecule has 0 unspecified atom stereocenters. The monoisotopic (exact) mass is 227 g/mol. The number of esters is 1. The van der Waals surface area contributed by atoms with Crippen LogP contribution in [0.3, 0.4) is 0 Å². The van der Waals surface area contributed by atoms with Crippen LogP contribution in [0.4, 0.5) is 0 Å². The molecular formula is C10H13NO3S. The maximum Gasteiger partial charge on any atom is 0.338 e. The summed E-state index contributed by atoms with van der Waals surface area (Å²) < 4.78 is 10.4. The Labute approximate surface area is 92.2 Å². The van der Waals surface area contributed by atoms with E-state index in [0.717, 1.165) is 18.2 Å². The molecule has 0 radical (unpaired) electrons. The van der Waals surface area contributed by atoms with Crippen molar-refractivity contribution in [1.82, 2.24) is 5.32 Å². The first-order chi connectivity index (χ1) is 7.13. The summed E-state index contributed by atoms with van der Waals surface area (Å²) in [6.07, 6.45) is 0. The number of thiophene rings is 1. The number of hydrogen-bond donors (Lipinski definition) is 1. The van der Waals surface area contributed by atoms with Crippen molar-refractivity contribution in [3.05, 3.63) is 17.0 Å². The standard InChI is InChI=1S/C10H13NO3S/c1-10(5-11-6-10)14-8-3-7(4-15-8)9(12)13-2/h3-4,11H,5-6H2,1-2H3. The Morgan fingerprint density at radius 2 is 2.33 bits per heavy atom. The molecule has 4 nitrogen and oxygen atoms in total. The van der Waals surface area contributed by atoms with Crippen LogP contribution in [0.5, 0.6) is 5.06 Å². The van der Waals surface area contributed by atoms with Gasteiger partial charge in [-0.15, -0.1) is 11.3 Å². The van der Waals surface area contributed by atoms with Gasteiger partial charge in [-0.2, -0.15) is 0 Å². The van der Waals surface area contributed by atoms with Crippen molar-refractivity contribution in [3.63, 3.8) is 0 Å². The SMILES string of the molecule is COC(=O)c1csc(OC2(C)CNC2)c1. The van der Waals surface area contributed by atoms with Gasteiger partial charge in [-0.1, -0.05) is 0 Å². The lowest BCUT2D eigenvalue weighted by Gasteiger charge is -2.38. The molecule has 1 saturated heterocycles. The van der Waals surface area contributed by atoms with Gasteiger partial charge in [0.15, 0.2) is 5.06 Å². The molecule has 1 N–H and O–H groups in total. The molecular weight excluding hydrogens is 214 g/mol. The lowest BCUT2D eigenvalue weighted by molar-refractivity contribution is 0.0383. The van der Waals surface area contributed by atoms with E-state index in [2.05, 4.69) is 10.1 Å². The van der Waals surface area contributed by atoms with Crippen molar-refractivity contribution in [2.24, 2.45) is 0 Å².